The highest BCUT2D eigenvalue weighted by Gasteiger charge is 2.40. The molecule has 9 nitrogen and oxygen atoms in total. The van der Waals surface area contributed by atoms with E-state index >= 15 is 0 Å². The maximum atomic E-state index is 14.4. The first-order valence-electron chi connectivity index (χ1n) is 23.3. The number of carbonyl (C=O) groups is 2. The lowest BCUT2D eigenvalue weighted by Gasteiger charge is -2.33. The van der Waals surface area contributed by atoms with Crippen LogP contribution in [0.3, 0.4) is 0 Å². The lowest BCUT2D eigenvalue weighted by atomic mass is 9.99. The summed E-state index contributed by atoms with van der Waals surface area (Å²) in [6, 6.07) is 46.0. The maximum absolute atomic E-state index is 14.4. The Morgan fingerprint density at radius 3 is 1.60 bits per heavy atom. The molecule has 1 N–H and O–H groups in total. The lowest BCUT2D eigenvalue weighted by Crippen LogP contribution is -2.42. The van der Waals surface area contributed by atoms with Crippen LogP contribution in [0.5, 0.6) is 0 Å². The van der Waals surface area contributed by atoms with E-state index in [0.29, 0.717) is 0 Å². The van der Waals surface area contributed by atoms with E-state index < -0.39 is 0 Å². The number of pyridine rings is 1. The van der Waals surface area contributed by atoms with E-state index in [4.69, 9.17) is 9.97 Å². The number of benzene rings is 5. The summed E-state index contributed by atoms with van der Waals surface area (Å²) >= 11 is 0. The number of hydrogen-bond acceptors (Lipinski definition) is 6. The Morgan fingerprint density at radius 1 is 0.492 bits per heavy atom. The molecule has 63 heavy (non-hydrogen) atoms. The van der Waals surface area contributed by atoms with Gasteiger partial charge in [-0.25, -0.2) is 4.98 Å². The average molecular weight is 834 g/mol. The largest absolute Gasteiger partial charge is 0.340 e. The van der Waals surface area contributed by atoms with Crippen LogP contribution >= 0.6 is 0 Å². The van der Waals surface area contributed by atoms with Crippen molar-refractivity contribution >= 4 is 33.8 Å². The zero-order valence-corrected chi connectivity index (χ0v) is 35.9. The van der Waals surface area contributed by atoms with Crippen molar-refractivity contribution in [3.63, 3.8) is 0 Å². The molecule has 0 aliphatic carbocycles. The van der Waals surface area contributed by atoms with Crippen molar-refractivity contribution in [2.45, 2.75) is 75.5 Å². The molecule has 4 atom stereocenters. The van der Waals surface area contributed by atoms with Crippen molar-refractivity contribution in [3.05, 3.63) is 156 Å². The van der Waals surface area contributed by atoms with Gasteiger partial charge < -0.3 is 14.8 Å². The van der Waals surface area contributed by atoms with Crippen LogP contribution in [-0.4, -0.2) is 85.6 Å². The third-order valence-electron chi connectivity index (χ3n) is 14.2. The van der Waals surface area contributed by atoms with E-state index in [9.17, 15) is 9.59 Å². The predicted molar refractivity (Wildman–Crippen MR) is 250 cm³/mol. The molecule has 0 saturated carbocycles. The summed E-state index contributed by atoms with van der Waals surface area (Å²) in [5.41, 5.74) is 10.4. The van der Waals surface area contributed by atoms with Gasteiger partial charge in [-0.15, -0.1) is 0 Å². The molecule has 5 aromatic carbocycles. The summed E-state index contributed by atoms with van der Waals surface area (Å²) in [5.74, 6) is 1.26. The number of fused-ring (bicyclic) bond motifs is 2. The van der Waals surface area contributed by atoms with E-state index in [0.717, 1.165) is 157 Å². The molecule has 6 heterocycles. The summed E-state index contributed by atoms with van der Waals surface area (Å²) < 4.78 is 0. The highest BCUT2D eigenvalue weighted by molar-refractivity contribution is 5.88. The molecule has 4 aliphatic rings. The normalized spacial score (nSPS) is 20.6. The standard InChI is InChI=1S/C54H55N7O2/c62-53(50(58-29-7-8-30-58)40-13-3-1-4-14-40)60-33-11-17-48(60)45-28-25-39-23-24-42(35-46(39)55-45)37-19-21-38(22-20-37)43-26-27-44-47(36-43)57-52(56-44)49-18-12-34-61(49)54(63)51(59-31-9-10-32-59)41-15-5-2-6-16-41/h1-6,13-16,19-28,35-36,48-51H,7-12,17-18,29-34H2,(H,56,57). The molecule has 4 aliphatic heterocycles. The van der Waals surface area contributed by atoms with Gasteiger partial charge in [0, 0.05) is 18.5 Å². The van der Waals surface area contributed by atoms with Crippen molar-refractivity contribution < 1.29 is 9.59 Å². The average Bonchev–Trinajstić information content (AvgIpc) is 4.20. The molecule has 318 valence electrons. The van der Waals surface area contributed by atoms with Gasteiger partial charge in [0.1, 0.15) is 17.9 Å². The van der Waals surface area contributed by atoms with Gasteiger partial charge in [0.2, 0.25) is 11.8 Å². The first kappa shape index (κ1) is 39.7. The molecule has 0 spiro atoms. The summed E-state index contributed by atoms with van der Waals surface area (Å²) in [6.07, 6.45) is 8.32. The molecule has 7 aromatic rings. The lowest BCUT2D eigenvalue weighted by molar-refractivity contribution is -0.138. The number of nitrogens with zero attached hydrogens (tertiary/aromatic N) is 6. The molecule has 9 heteroatoms. The van der Waals surface area contributed by atoms with Gasteiger partial charge in [-0.1, -0.05) is 109 Å². The number of imidazole rings is 1. The molecular weight excluding hydrogens is 779 g/mol. The Balaban J connectivity index is 0.812. The Kier molecular flexibility index (Phi) is 10.8. The van der Waals surface area contributed by atoms with Crippen LogP contribution in [0, 0.1) is 0 Å². The number of aromatic nitrogens is 3. The summed E-state index contributed by atoms with van der Waals surface area (Å²) in [6.45, 7) is 5.34. The number of carbonyl (C=O) groups excluding carboxylic acids is 2. The minimum atomic E-state index is -0.255. The zero-order valence-electron chi connectivity index (χ0n) is 35.9. The number of likely N-dealkylation sites (tertiary alicyclic amines) is 4. The highest BCUT2D eigenvalue weighted by atomic mass is 16.2. The third kappa shape index (κ3) is 7.72. The number of hydrogen-bond donors (Lipinski definition) is 1. The van der Waals surface area contributed by atoms with Crippen LogP contribution in [0.4, 0.5) is 0 Å². The van der Waals surface area contributed by atoms with Crippen LogP contribution in [0.1, 0.15) is 98.2 Å². The van der Waals surface area contributed by atoms with E-state index in [2.05, 4.69) is 122 Å². The van der Waals surface area contributed by atoms with Crippen LogP contribution in [0.15, 0.2) is 133 Å². The molecule has 4 unspecified atom stereocenters. The van der Waals surface area contributed by atoms with Crippen molar-refractivity contribution in [2.24, 2.45) is 0 Å². The molecular formula is C54H55N7O2. The fourth-order valence-corrected chi connectivity index (χ4v) is 11.0. The minimum Gasteiger partial charge on any atom is -0.340 e. The fraction of sp³-hybridized carbons (Fsp3) is 0.333. The number of H-pyrrole nitrogens is 1. The SMILES string of the molecule is O=C(C(c1ccccc1)N1CCCC1)N1CCCC1c1ccc2ccc(-c3ccc(-c4ccc5nc(C6CCCN6C(=O)C(c6ccccc6)N6CCCC6)[nH]c5c4)cc3)cc2n1. The van der Waals surface area contributed by atoms with E-state index in [-0.39, 0.29) is 36.0 Å². The van der Waals surface area contributed by atoms with Crippen molar-refractivity contribution in [3.8, 4) is 22.3 Å². The van der Waals surface area contributed by atoms with Gasteiger partial charge in [0.25, 0.3) is 0 Å². The second kappa shape index (κ2) is 17.2. The molecule has 2 amide bonds. The first-order chi connectivity index (χ1) is 31.1. The maximum Gasteiger partial charge on any atom is 0.245 e. The van der Waals surface area contributed by atoms with Crippen molar-refractivity contribution in [1.82, 2.24) is 34.6 Å². The second-order valence-electron chi connectivity index (χ2n) is 18.1. The Bertz CT molecular complexity index is 2740. The summed E-state index contributed by atoms with van der Waals surface area (Å²) in [4.78, 5) is 51.7. The van der Waals surface area contributed by atoms with Crippen molar-refractivity contribution in [1.29, 1.82) is 0 Å². The molecule has 0 radical (unpaired) electrons. The first-order valence-corrected chi connectivity index (χ1v) is 23.3. The van der Waals surface area contributed by atoms with Gasteiger partial charge in [0.05, 0.1) is 34.3 Å². The van der Waals surface area contributed by atoms with Crippen LogP contribution < -0.4 is 0 Å². The number of amides is 2. The Hall–Kier alpha value is -6.16. The van der Waals surface area contributed by atoms with Gasteiger partial charge in [0.15, 0.2) is 0 Å². The van der Waals surface area contributed by atoms with Gasteiger partial charge >= 0.3 is 0 Å². The summed E-state index contributed by atoms with van der Waals surface area (Å²) in [7, 11) is 0. The second-order valence-corrected chi connectivity index (χ2v) is 18.1. The van der Waals surface area contributed by atoms with Gasteiger partial charge in [-0.2, -0.15) is 0 Å². The fourth-order valence-electron chi connectivity index (χ4n) is 11.0. The quantitative estimate of drug-likeness (QED) is 0.148. The number of rotatable bonds is 10. The Morgan fingerprint density at radius 2 is 1.00 bits per heavy atom. The third-order valence-corrected chi connectivity index (χ3v) is 14.2. The van der Waals surface area contributed by atoms with Crippen LogP contribution in [0.2, 0.25) is 0 Å². The molecule has 11 rings (SSSR count). The Labute approximate surface area is 369 Å². The minimum absolute atomic E-state index is 0.0340. The monoisotopic (exact) mass is 833 g/mol. The van der Waals surface area contributed by atoms with Gasteiger partial charge in [-0.3, -0.25) is 24.4 Å². The van der Waals surface area contributed by atoms with Crippen LogP contribution in [0.25, 0.3) is 44.2 Å². The molecule has 0 bridgehead atoms. The highest BCUT2D eigenvalue weighted by Crippen LogP contribution is 2.39. The smallest absolute Gasteiger partial charge is 0.245 e. The number of aromatic amines is 1. The zero-order chi connectivity index (χ0) is 42.3. The van der Waals surface area contributed by atoms with Gasteiger partial charge in [-0.05, 0) is 135 Å². The molecule has 2 aromatic heterocycles. The molecule has 4 fully saturated rings. The van der Waals surface area contributed by atoms with E-state index in [1.807, 2.05) is 36.4 Å². The molecule has 4 saturated heterocycles. The van der Waals surface area contributed by atoms with E-state index in [1.165, 1.54) is 0 Å². The number of nitrogens with one attached hydrogen (secondary N) is 1. The van der Waals surface area contributed by atoms with Crippen molar-refractivity contribution in [2.75, 3.05) is 39.3 Å². The van der Waals surface area contributed by atoms with E-state index in [1.54, 1.807) is 0 Å². The predicted octanol–water partition coefficient (Wildman–Crippen LogP) is 10.4. The topological polar surface area (TPSA) is 88.7 Å². The van der Waals surface area contributed by atoms with Crippen LogP contribution in [-0.2, 0) is 9.59 Å². The summed E-state index contributed by atoms with van der Waals surface area (Å²) in [5, 5.41) is 1.09.